The summed E-state index contributed by atoms with van der Waals surface area (Å²) in [4.78, 5) is 11.0. The van der Waals surface area contributed by atoms with Crippen LogP contribution in [0.25, 0.3) is 0 Å². The molecule has 0 radical (unpaired) electrons. The van der Waals surface area contributed by atoms with Crippen molar-refractivity contribution < 1.29 is 24.1 Å². The Balaban J connectivity index is 2.92. The number of rotatable bonds is 8. The van der Waals surface area contributed by atoms with Crippen molar-refractivity contribution in [1.29, 1.82) is 0 Å². The molecule has 0 saturated heterocycles. The molecule has 1 aromatic carbocycles. The van der Waals surface area contributed by atoms with Crippen molar-refractivity contribution in [2.24, 2.45) is 0 Å². The maximum Gasteiger partial charge on any atom is 0.200 e. The summed E-state index contributed by atoms with van der Waals surface area (Å²) in [6.07, 6.45) is 4.99. The predicted octanol–water partition coefficient (Wildman–Crippen LogP) is 2.35. The van der Waals surface area contributed by atoms with E-state index < -0.39 is 6.29 Å². The fourth-order valence-electron chi connectivity index (χ4n) is 1.60. The minimum absolute atomic E-state index is 0.295. The average molecular weight is 278 g/mol. The maximum absolute atomic E-state index is 11.0. The molecule has 0 aliphatic heterocycles. The topological polar surface area (TPSA) is 65.0 Å². The lowest BCUT2D eigenvalue weighted by molar-refractivity contribution is -0.0139. The summed E-state index contributed by atoms with van der Waals surface area (Å²) in [5.41, 5.74) is 0.295. The number of allylic oxidation sites excluding steroid dienone is 2. The molecule has 0 aliphatic rings. The molecule has 0 amide bonds. The van der Waals surface area contributed by atoms with Crippen LogP contribution in [-0.4, -0.2) is 31.9 Å². The number of ether oxygens (including phenoxy) is 3. The van der Waals surface area contributed by atoms with Gasteiger partial charge in [-0.05, 0) is 0 Å². The number of methoxy groups -OCH3 is 2. The van der Waals surface area contributed by atoms with Crippen LogP contribution < -0.4 is 14.2 Å². The number of hydrogen-bond donors (Lipinski definition) is 1. The summed E-state index contributed by atoms with van der Waals surface area (Å²) in [5, 5.41) is 9.72. The van der Waals surface area contributed by atoms with E-state index in [0.29, 0.717) is 35.5 Å². The molecular formula is C15H18O5. The second-order valence-corrected chi connectivity index (χ2v) is 3.83. The lowest BCUT2D eigenvalue weighted by atomic mass is 10.2. The van der Waals surface area contributed by atoms with Crippen LogP contribution >= 0.6 is 0 Å². The molecule has 0 heterocycles. The predicted molar refractivity (Wildman–Crippen MR) is 75.5 cm³/mol. The molecule has 1 rings (SSSR count). The minimum Gasteiger partial charge on any atom is -0.496 e. The van der Waals surface area contributed by atoms with Crippen LogP contribution in [0.3, 0.4) is 0 Å². The molecule has 0 aliphatic carbocycles. The first-order valence-electron chi connectivity index (χ1n) is 5.99. The van der Waals surface area contributed by atoms with Gasteiger partial charge < -0.3 is 19.3 Å². The maximum atomic E-state index is 11.0. The highest BCUT2D eigenvalue weighted by Crippen LogP contribution is 2.33. The standard InChI is InChI=1S/C15H18O5/c1-4-5-6-7-15(17)20-11-8-13(18-2)12(10-16)14(9-11)19-3/h4-6,8-10,15,17H,1,7H2,2-3H3/b6-5-. The van der Waals surface area contributed by atoms with E-state index in [1.807, 2.05) is 0 Å². The van der Waals surface area contributed by atoms with E-state index in [4.69, 9.17) is 14.2 Å². The zero-order valence-electron chi connectivity index (χ0n) is 11.5. The van der Waals surface area contributed by atoms with Crippen molar-refractivity contribution in [3.63, 3.8) is 0 Å². The van der Waals surface area contributed by atoms with Crippen molar-refractivity contribution in [2.75, 3.05) is 14.2 Å². The van der Waals surface area contributed by atoms with Crippen LogP contribution in [0.4, 0.5) is 0 Å². The summed E-state index contributed by atoms with van der Waals surface area (Å²) in [6, 6.07) is 3.04. The van der Waals surface area contributed by atoms with E-state index in [1.165, 1.54) is 26.4 Å². The third-order valence-electron chi connectivity index (χ3n) is 2.52. The Kier molecular flexibility index (Phi) is 6.32. The Morgan fingerprint density at radius 3 is 2.35 bits per heavy atom. The number of aldehydes is 1. The van der Waals surface area contributed by atoms with Gasteiger partial charge in [-0.1, -0.05) is 24.8 Å². The zero-order chi connectivity index (χ0) is 15.0. The van der Waals surface area contributed by atoms with Crippen molar-refractivity contribution in [2.45, 2.75) is 12.7 Å². The molecule has 5 nitrogen and oxygen atoms in total. The van der Waals surface area contributed by atoms with Gasteiger partial charge in [0.15, 0.2) is 6.29 Å². The first-order chi connectivity index (χ1) is 9.65. The average Bonchev–Trinajstić information content (AvgIpc) is 2.46. The second-order valence-electron chi connectivity index (χ2n) is 3.83. The van der Waals surface area contributed by atoms with Crippen LogP contribution in [0.5, 0.6) is 17.2 Å². The van der Waals surface area contributed by atoms with Crippen molar-refractivity contribution >= 4 is 6.29 Å². The number of aliphatic hydroxyl groups excluding tert-OH is 1. The molecule has 0 spiro atoms. The minimum atomic E-state index is -1.01. The molecular weight excluding hydrogens is 260 g/mol. The van der Waals surface area contributed by atoms with Crippen molar-refractivity contribution in [3.8, 4) is 17.2 Å². The molecule has 1 N–H and O–H groups in total. The number of aliphatic hydroxyl groups is 1. The summed E-state index contributed by atoms with van der Waals surface area (Å²) in [7, 11) is 2.88. The quantitative estimate of drug-likeness (QED) is 0.449. The van der Waals surface area contributed by atoms with Crippen LogP contribution in [0.15, 0.2) is 36.9 Å². The van der Waals surface area contributed by atoms with Crippen LogP contribution in [-0.2, 0) is 0 Å². The van der Waals surface area contributed by atoms with E-state index in [9.17, 15) is 9.90 Å². The third kappa shape index (κ3) is 4.13. The Bertz CT molecular complexity index is 468. The normalized spacial score (nSPS) is 11.9. The van der Waals surface area contributed by atoms with Gasteiger partial charge in [0.25, 0.3) is 0 Å². The number of carbonyl (C=O) groups is 1. The fourth-order valence-corrected chi connectivity index (χ4v) is 1.60. The van der Waals surface area contributed by atoms with Gasteiger partial charge in [0.2, 0.25) is 6.29 Å². The van der Waals surface area contributed by atoms with Gasteiger partial charge in [-0.2, -0.15) is 0 Å². The molecule has 0 bridgehead atoms. The Morgan fingerprint density at radius 2 is 1.90 bits per heavy atom. The number of benzene rings is 1. The number of carbonyl (C=O) groups excluding carboxylic acids is 1. The molecule has 108 valence electrons. The molecule has 5 heteroatoms. The summed E-state index contributed by atoms with van der Waals surface area (Å²) in [5.74, 6) is 0.996. The summed E-state index contributed by atoms with van der Waals surface area (Å²) in [6.45, 7) is 3.53. The lowest BCUT2D eigenvalue weighted by Gasteiger charge is -2.15. The van der Waals surface area contributed by atoms with Gasteiger partial charge in [0, 0.05) is 18.6 Å². The van der Waals surface area contributed by atoms with E-state index in [0.717, 1.165) is 0 Å². The highest BCUT2D eigenvalue weighted by molar-refractivity contribution is 5.84. The van der Waals surface area contributed by atoms with Gasteiger partial charge >= 0.3 is 0 Å². The highest BCUT2D eigenvalue weighted by atomic mass is 16.6. The molecule has 1 atom stereocenters. The molecule has 0 aromatic heterocycles. The number of hydrogen-bond acceptors (Lipinski definition) is 5. The Morgan fingerprint density at radius 1 is 1.30 bits per heavy atom. The van der Waals surface area contributed by atoms with Crippen molar-refractivity contribution in [1.82, 2.24) is 0 Å². The SMILES string of the molecule is C=C/C=C\CC(O)Oc1cc(OC)c(C=O)c(OC)c1. The molecule has 1 unspecified atom stereocenters. The first kappa shape index (κ1) is 15.8. The monoisotopic (exact) mass is 278 g/mol. The Labute approximate surface area is 118 Å². The first-order valence-corrected chi connectivity index (χ1v) is 5.99. The summed E-state index contributed by atoms with van der Waals surface area (Å²) >= 11 is 0. The van der Waals surface area contributed by atoms with Crippen LogP contribution in [0.1, 0.15) is 16.8 Å². The second kappa shape index (κ2) is 8.01. The van der Waals surface area contributed by atoms with E-state index in [-0.39, 0.29) is 0 Å². The smallest absolute Gasteiger partial charge is 0.200 e. The highest BCUT2D eigenvalue weighted by Gasteiger charge is 2.14. The van der Waals surface area contributed by atoms with E-state index >= 15 is 0 Å². The van der Waals surface area contributed by atoms with Crippen LogP contribution in [0, 0.1) is 0 Å². The molecule has 0 fully saturated rings. The zero-order valence-corrected chi connectivity index (χ0v) is 11.5. The van der Waals surface area contributed by atoms with Gasteiger partial charge in [0.05, 0.1) is 19.8 Å². The fraction of sp³-hybridized carbons (Fsp3) is 0.267. The van der Waals surface area contributed by atoms with Gasteiger partial charge in [-0.25, -0.2) is 0 Å². The van der Waals surface area contributed by atoms with Gasteiger partial charge in [-0.15, -0.1) is 0 Å². The molecule has 20 heavy (non-hydrogen) atoms. The largest absolute Gasteiger partial charge is 0.496 e. The van der Waals surface area contributed by atoms with Gasteiger partial charge in [-0.3, -0.25) is 4.79 Å². The van der Waals surface area contributed by atoms with Gasteiger partial charge in [0.1, 0.15) is 17.2 Å². The molecule has 0 saturated carbocycles. The lowest BCUT2D eigenvalue weighted by Crippen LogP contribution is -2.14. The molecule has 1 aromatic rings. The van der Waals surface area contributed by atoms with Crippen molar-refractivity contribution in [3.05, 3.63) is 42.5 Å². The third-order valence-corrected chi connectivity index (χ3v) is 2.52. The van der Waals surface area contributed by atoms with E-state index in [2.05, 4.69) is 6.58 Å². The van der Waals surface area contributed by atoms with Crippen LogP contribution in [0.2, 0.25) is 0 Å². The Hall–Kier alpha value is -2.27. The summed E-state index contributed by atoms with van der Waals surface area (Å²) < 4.78 is 15.5. The van der Waals surface area contributed by atoms with E-state index in [1.54, 1.807) is 18.2 Å².